The molecule has 0 rings (SSSR count). The van der Waals surface area contributed by atoms with Gasteiger partial charge >= 0.3 is 12.0 Å². The Balaban J connectivity index is 4.61. The molecule has 124 valence electrons. The second-order valence-corrected chi connectivity index (χ2v) is 5.65. The molecule has 0 heterocycles. The maximum atomic E-state index is 12.3. The SMILES string of the molecule is CCCCN(CCCC)C(=O)NCC(CC)(CC)C(=O)O. The zero-order valence-electron chi connectivity index (χ0n) is 14.1. The van der Waals surface area contributed by atoms with Gasteiger partial charge in [0.25, 0.3) is 0 Å². The molecule has 2 N–H and O–H groups in total. The van der Waals surface area contributed by atoms with Gasteiger partial charge in [-0.05, 0) is 25.7 Å². The molecule has 0 aromatic heterocycles. The van der Waals surface area contributed by atoms with E-state index in [9.17, 15) is 14.7 Å². The average Bonchev–Trinajstić information content (AvgIpc) is 2.48. The molecular weight excluding hydrogens is 268 g/mol. The fourth-order valence-corrected chi connectivity index (χ4v) is 2.25. The number of nitrogens with zero attached hydrogens (tertiary/aromatic N) is 1. The van der Waals surface area contributed by atoms with Gasteiger partial charge in [-0.15, -0.1) is 0 Å². The van der Waals surface area contributed by atoms with Crippen LogP contribution in [-0.2, 0) is 4.79 Å². The smallest absolute Gasteiger partial charge is 0.317 e. The molecule has 0 aliphatic carbocycles. The summed E-state index contributed by atoms with van der Waals surface area (Å²) >= 11 is 0. The van der Waals surface area contributed by atoms with Crippen LogP contribution in [0, 0.1) is 5.41 Å². The van der Waals surface area contributed by atoms with Crippen molar-refractivity contribution in [3.8, 4) is 0 Å². The second-order valence-electron chi connectivity index (χ2n) is 5.65. The highest BCUT2D eigenvalue weighted by Crippen LogP contribution is 2.25. The molecule has 0 aliphatic heterocycles. The number of nitrogens with one attached hydrogen (secondary N) is 1. The Morgan fingerprint density at radius 1 is 1.00 bits per heavy atom. The molecule has 5 heteroatoms. The number of carbonyl (C=O) groups excluding carboxylic acids is 1. The first-order valence-electron chi connectivity index (χ1n) is 8.23. The van der Waals surface area contributed by atoms with Crippen molar-refractivity contribution in [3.63, 3.8) is 0 Å². The summed E-state index contributed by atoms with van der Waals surface area (Å²) in [5.41, 5.74) is -0.850. The molecule has 0 saturated heterocycles. The third-order valence-electron chi connectivity index (χ3n) is 4.24. The van der Waals surface area contributed by atoms with Crippen LogP contribution < -0.4 is 5.32 Å². The number of carbonyl (C=O) groups is 2. The first-order chi connectivity index (χ1) is 9.97. The summed E-state index contributed by atoms with van der Waals surface area (Å²) in [6.07, 6.45) is 5.06. The van der Waals surface area contributed by atoms with Crippen molar-refractivity contribution in [2.45, 2.75) is 66.2 Å². The lowest BCUT2D eigenvalue weighted by Crippen LogP contribution is -2.47. The van der Waals surface area contributed by atoms with Crippen LogP contribution in [-0.4, -0.2) is 41.6 Å². The van der Waals surface area contributed by atoms with E-state index in [-0.39, 0.29) is 12.6 Å². The van der Waals surface area contributed by atoms with E-state index in [0.717, 1.165) is 38.8 Å². The summed E-state index contributed by atoms with van der Waals surface area (Å²) in [7, 11) is 0. The van der Waals surface area contributed by atoms with Gasteiger partial charge in [0.2, 0.25) is 0 Å². The number of hydrogen-bond acceptors (Lipinski definition) is 2. The summed E-state index contributed by atoms with van der Waals surface area (Å²) < 4.78 is 0. The maximum absolute atomic E-state index is 12.3. The highest BCUT2D eigenvalue weighted by Gasteiger charge is 2.35. The first-order valence-corrected chi connectivity index (χ1v) is 8.23. The second kappa shape index (κ2) is 10.5. The van der Waals surface area contributed by atoms with Crippen LogP contribution in [0.3, 0.4) is 0 Å². The standard InChI is InChI=1S/C16H32N2O3/c1-5-9-11-18(12-10-6-2)15(21)17-13-16(7-3,8-4)14(19)20/h5-13H2,1-4H3,(H,17,21)(H,19,20). The van der Waals surface area contributed by atoms with E-state index < -0.39 is 11.4 Å². The molecule has 0 saturated carbocycles. The Hall–Kier alpha value is -1.26. The number of amides is 2. The number of carboxylic acids is 1. The van der Waals surface area contributed by atoms with E-state index in [2.05, 4.69) is 19.2 Å². The summed E-state index contributed by atoms with van der Waals surface area (Å²) in [5.74, 6) is -0.832. The molecule has 0 aromatic rings. The van der Waals surface area contributed by atoms with Crippen molar-refractivity contribution in [2.75, 3.05) is 19.6 Å². The molecule has 0 unspecified atom stereocenters. The molecule has 21 heavy (non-hydrogen) atoms. The number of aliphatic carboxylic acids is 1. The van der Waals surface area contributed by atoms with Gasteiger partial charge in [0.05, 0.1) is 5.41 Å². The van der Waals surface area contributed by atoms with Crippen LogP contribution in [0.1, 0.15) is 66.2 Å². The maximum Gasteiger partial charge on any atom is 0.317 e. The van der Waals surface area contributed by atoms with Gasteiger partial charge in [0.1, 0.15) is 0 Å². The van der Waals surface area contributed by atoms with E-state index >= 15 is 0 Å². The Morgan fingerprint density at radius 3 is 1.81 bits per heavy atom. The van der Waals surface area contributed by atoms with Gasteiger partial charge in [0.15, 0.2) is 0 Å². The highest BCUT2D eigenvalue weighted by atomic mass is 16.4. The van der Waals surface area contributed by atoms with Crippen LogP contribution in [0.5, 0.6) is 0 Å². The third-order valence-corrected chi connectivity index (χ3v) is 4.24. The summed E-state index contributed by atoms with van der Waals surface area (Å²) in [6, 6.07) is -0.135. The quantitative estimate of drug-likeness (QED) is 0.613. The van der Waals surface area contributed by atoms with E-state index in [1.165, 1.54) is 0 Å². The minimum absolute atomic E-state index is 0.135. The number of rotatable bonds is 11. The highest BCUT2D eigenvalue weighted by molar-refractivity contribution is 5.78. The van der Waals surface area contributed by atoms with Crippen molar-refractivity contribution in [3.05, 3.63) is 0 Å². The lowest BCUT2D eigenvalue weighted by molar-refractivity contribution is -0.149. The third kappa shape index (κ3) is 6.36. The number of hydrogen-bond donors (Lipinski definition) is 2. The summed E-state index contributed by atoms with van der Waals surface area (Å²) in [4.78, 5) is 25.5. The average molecular weight is 300 g/mol. The topological polar surface area (TPSA) is 69.6 Å². The minimum Gasteiger partial charge on any atom is -0.481 e. The number of carboxylic acid groups (broad SMARTS) is 1. The lowest BCUT2D eigenvalue weighted by atomic mass is 9.82. The molecule has 2 amide bonds. The van der Waals surface area contributed by atoms with Crippen LogP contribution in [0.15, 0.2) is 0 Å². The Labute approximate surface area is 129 Å². The fourth-order valence-electron chi connectivity index (χ4n) is 2.25. The van der Waals surface area contributed by atoms with Gasteiger partial charge in [-0.2, -0.15) is 0 Å². The lowest BCUT2D eigenvalue weighted by Gasteiger charge is -2.29. The van der Waals surface area contributed by atoms with E-state index in [1.807, 2.05) is 18.7 Å². The Bertz CT molecular complexity index is 307. The van der Waals surface area contributed by atoms with E-state index in [4.69, 9.17) is 0 Å². The minimum atomic E-state index is -0.850. The van der Waals surface area contributed by atoms with Gasteiger partial charge in [-0.25, -0.2) is 4.79 Å². The Kier molecular flexibility index (Phi) is 9.84. The van der Waals surface area contributed by atoms with Gasteiger partial charge in [-0.3, -0.25) is 4.79 Å². The molecule has 0 bridgehead atoms. The van der Waals surface area contributed by atoms with Crippen LogP contribution in [0.25, 0.3) is 0 Å². The van der Waals surface area contributed by atoms with Crippen LogP contribution >= 0.6 is 0 Å². The zero-order valence-corrected chi connectivity index (χ0v) is 14.1. The number of unbranched alkanes of at least 4 members (excludes halogenated alkanes) is 2. The molecule has 0 radical (unpaired) electrons. The van der Waals surface area contributed by atoms with E-state index in [1.54, 1.807) is 0 Å². The molecule has 0 atom stereocenters. The van der Waals surface area contributed by atoms with Crippen LogP contribution in [0.2, 0.25) is 0 Å². The zero-order chi connectivity index (χ0) is 16.3. The van der Waals surface area contributed by atoms with Crippen molar-refractivity contribution in [1.82, 2.24) is 10.2 Å². The predicted molar refractivity (Wildman–Crippen MR) is 85.4 cm³/mol. The molecular formula is C16H32N2O3. The van der Waals surface area contributed by atoms with Gasteiger partial charge in [-0.1, -0.05) is 40.5 Å². The van der Waals surface area contributed by atoms with Crippen molar-refractivity contribution < 1.29 is 14.7 Å². The van der Waals surface area contributed by atoms with Crippen molar-refractivity contribution >= 4 is 12.0 Å². The Morgan fingerprint density at radius 2 is 1.48 bits per heavy atom. The summed E-state index contributed by atoms with van der Waals surface area (Å²) in [5, 5.41) is 12.2. The van der Waals surface area contributed by atoms with E-state index in [0.29, 0.717) is 12.8 Å². The first kappa shape index (κ1) is 19.7. The summed E-state index contributed by atoms with van der Waals surface area (Å²) in [6.45, 7) is 9.58. The van der Waals surface area contributed by atoms with Crippen LogP contribution in [0.4, 0.5) is 4.79 Å². The fraction of sp³-hybridized carbons (Fsp3) is 0.875. The molecule has 0 spiro atoms. The molecule has 0 aliphatic rings. The monoisotopic (exact) mass is 300 g/mol. The molecule has 0 fully saturated rings. The number of urea groups is 1. The largest absolute Gasteiger partial charge is 0.481 e. The predicted octanol–water partition coefficient (Wildman–Crippen LogP) is 3.49. The van der Waals surface area contributed by atoms with Crippen molar-refractivity contribution in [1.29, 1.82) is 0 Å². The van der Waals surface area contributed by atoms with Crippen molar-refractivity contribution in [2.24, 2.45) is 5.41 Å². The molecule has 5 nitrogen and oxygen atoms in total. The van der Waals surface area contributed by atoms with Gasteiger partial charge < -0.3 is 15.3 Å². The molecule has 0 aromatic carbocycles. The normalized spacial score (nSPS) is 11.2. The van der Waals surface area contributed by atoms with Gasteiger partial charge in [0, 0.05) is 19.6 Å².